The minimum Gasteiger partial charge on any atom is -0.502 e. The number of aliphatic hydroxyl groups excluding tert-OH is 2. The number of carbonyl (C=O) groups is 2. The van der Waals surface area contributed by atoms with Crippen LogP contribution in [0.25, 0.3) is 6.08 Å². The molecule has 0 aliphatic carbocycles. The Morgan fingerprint density at radius 3 is 2.23 bits per heavy atom. The summed E-state index contributed by atoms with van der Waals surface area (Å²) >= 11 is 0. The van der Waals surface area contributed by atoms with E-state index in [1.54, 1.807) is 0 Å². The van der Waals surface area contributed by atoms with Crippen LogP contribution in [0.1, 0.15) is 5.56 Å². The highest BCUT2D eigenvalue weighted by Crippen LogP contribution is 2.37. The summed E-state index contributed by atoms with van der Waals surface area (Å²) in [6.45, 7) is -0.845. The lowest BCUT2D eigenvalue weighted by Crippen LogP contribution is -2.28. The van der Waals surface area contributed by atoms with E-state index in [2.05, 4.69) is 4.74 Å². The van der Waals surface area contributed by atoms with Crippen molar-refractivity contribution in [3.63, 3.8) is 0 Å². The highest BCUT2D eigenvalue weighted by atomic mass is 16.6. The van der Waals surface area contributed by atoms with E-state index in [0.717, 1.165) is 6.08 Å². The third-order valence-electron chi connectivity index (χ3n) is 2.56. The van der Waals surface area contributed by atoms with Gasteiger partial charge >= 0.3 is 11.9 Å². The number of aromatic hydroxyl groups is 1. The average molecular weight is 312 g/mol. The lowest BCUT2D eigenvalue weighted by Gasteiger charge is -2.09. The summed E-state index contributed by atoms with van der Waals surface area (Å²) in [4.78, 5) is 22.5. The van der Waals surface area contributed by atoms with Crippen LogP contribution < -0.4 is 9.47 Å². The third kappa shape index (κ3) is 4.47. The van der Waals surface area contributed by atoms with Gasteiger partial charge in [0.15, 0.2) is 17.6 Å². The van der Waals surface area contributed by atoms with E-state index in [0.29, 0.717) is 5.56 Å². The summed E-state index contributed by atoms with van der Waals surface area (Å²) in [5.41, 5.74) is 0.443. The first-order chi connectivity index (χ1) is 10.4. The third-order valence-corrected chi connectivity index (χ3v) is 2.56. The van der Waals surface area contributed by atoms with Crippen molar-refractivity contribution in [1.82, 2.24) is 0 Å². The molecule has 0 heterocycles. The molecule has 1 atom stereocenters. The lowest BCUT2D eigenvalue weighted by atomic mass is 10.1. The summed E-state index contributed by atoms with van der Waals surface area (Å²) in [5.74, 6) is -2.19. The number of esters is 2. The number of hydrogen-bond donors (Lipinski definition) is 3. The number of benzene rings is 1. The molecule has 1 aromatic carbocycles. The van der Waals surface area contributed by atoms with Gasteiger partial charge in [-0.25, -0.2) is 9.59 Å². The Morgan fingerprint density at radius 1 is 1.23 bits per heavy atom. The van der Waals surface area contributed by atoms with Gasteiger partial charge in [0.05, 0.1) is 20.8 Å². The van der Waals surface area contributed by atoms with Gasteiger partial charge < -0.3 is 29.5 Å². The van der Waals surface area contributed by atoms with Crippen molar-refractivity contribution in [1.29, 1.82) is 0 Å². The topological polar surface area (TPSA) is 123 Å². The molecule has 22 heavy (non-hydrogen) atoms. The van der Waals surface area contributed by atoms with E-state index in [1.807, 2.05) is 0 Å². The second kappa shape index (κ2) is 8.01. The Bertz CT molecular complexity index is 553. The highest BCUT2D eigenvalue weighted by Gasteiger charge is 2.18. The molecule has 0 spiro atoms. The van der Waals surface area contributed by atoms with Gasteiger partial charge in [-0.1, -0.05) is 0 Å². The molecule has 1 unspecified atom stereocenters. The van der Waals surface area contributed by atoms with E-state index in [-0.39, 0.29) is 17.2 Å². The molecule has 0 fully saturated rings. The second-order valence-corrected chi connectivity index (χ2v) is 4.05. The quantitative estimate of drug-likeness (QED) is 0.376. The molecule has 0 aliphatic rings. The first-order valence-electron chi connectivity index (χ1n) is 6.10. The van der Waals surface area contributed by atoms with Gasteiger partial charge in [-0.05, 0) is 23.8 Å². The van der Waals surface area contributed by atoms with Crippen LogP contribution in [-0.4, -0.2) is 54.2 Å². The molecule has 0 saturated carbocycles. The van der Waals surface area contributed by atoms with Crippen LogP contribution in [0.4, 0.5) is 0 Å². The zero-order valence-electron chi connectivity index (χ0n) is 12.0. The van der Waals surface area contributed by atoms with Crippen LogP contribution in [-0.2, 0) is 14.3 Å². The second-order valence-electron chi connectivity index (χ2n) is 4.05. The molecule has 120 valence electrons. The van der Waals surface area contributed by atoms with Crippen molar-refractivity contribution < 1.29 is 39.1 Å². The Balaban J connectivity index is 2.86. The number of phenolic OH excluding ortho intramolecular Hbond substituents is 1. The summed E-state index contributed by atoms with van der Waals surface area (Å²) in [6, 6.07) is 2.87. The van der Waals surface area contributed by atoms with Crippen LogP contribution >= 0.6 is 0 Å². The maximum Gasteiger partial charge on any atom is 0.345 e. The smallest absolute Gasteiger partial charge is 0.345 e. The Labute approximate surface area is 126 Å². The first kappa shape index (κ1) is 17.5. The van der Waals surface area contributed by atoms with E-state index in [4.69, 9.17) is 19.7 Å². The minimum atomic E-state index is -1.77. The van der Waals surface area contributed by atoms with Crippen molar-refractivity contribution in [2.45, 2.75) is 6.10 Å². The molecule has 1 rings (SSSR count). The number of rotatable bonds is 6. The van der Waals surface area contributed by atoms with Crippen molar-refractivity contribution in [3.05, 3.63) is 23.8 Å². The van der Waals surface area contributed by atoms with Crippen LogP contribution in [0.5, 0.6) is 17.2 Å². The summed E-state index contributed by atoms with van der Waals surface area (Å²) in [7, 11) is 2.70. The Kier molecular flexibility index (Phi) is 6.36. The lowest BCUT2D eigenvalue weighted by molar-refractivity contribution is -0.164. The fourth-order valence-electron chi connectivity index (χ4n) is 1.45. The SMILES string of the molecule is COc1cc(/C=C/C(=O)OC(=O)C(O)CO)cc(OC)c1O. The van der Waals surface area contributed by atoms with Crippen molar-refractivity contribution in [3.8, 4) is 17.2 Å². The van der Waals surface area contributed by atoms with Crippen LogP contribution in [0.15, 0.2) is 18.2 Å². The predicted molar refractivity (Wildman–Crippen MR) is 74.4 cm³/mol. The molecule has 8 nitrogen and oxygen atoms in total. The predicted octanol–water partition coefficient (Wildman–Crippen LogP) is -0.154. The van der Waals surface area contributed by atoms with Crippen molar-refractivity contribution >= 4 is 18.0 Å². The molecule has 0 saturated heterocycles. The van der Waals surface area contributed by atoms with Gasteiger partial charge in [0.25, 0.3) is 0 Å². The monoisotopic (exact) mass is 312 g/mol. The summed E-state index contributed by atoms with van der Waals surface area (Å²) < 4.78 is 14.2. The summed E-state index contributed by atoms with van der Waals surface area (Å²) in [5, 5.41) is 27.2. The fraction of sp³-hybridized carbons (Fsp3) is 0.286. The van der Waals surface area contributed by atoms with Gasteiger partial charge in [0, 0.05) is 6.08 Å². The van der Waals surface area contributed by atoms with Gasteiger partial charge in [-0.3, -0.25) is 0 Å². The number of aliphatic hydroxyl groups is 2. The molecule has 0 amide bonds. The van der Waals surface area contributed by atoms with E-state index in [9.17, 15) is 14.7 Å². The molecular weight excluding hydrogens is 296 g/mol. The van der Waals surface area contributed by atoms with E-state index < -0.39 is 24.6 Å². The molecular formula is C14H16O8. The van der Waals surface area contributed by atoms with Crippen LogP contribution in [0, 0.1) is 0 Å². The number of ether oxygens (including phenoxy) is 3. The molecule has 0 aliphatic heterocycles. The number of carbonyl (C=O) groups excluding carboxylic acids is 2. The molecule has 8 heteroatoms. The average Bonchev–Trinajstić information content (AvgIpc) is 2.52. The van der Waals surface area contributed by atoms with Gasteiger partial charge in [-0.15, -0.1) is 0 Å². The zero-order chi connectivity index (χ0) is 16.7. The van der Waals surface area contributed by atoms with Gasteiger partial charge in [-0.2, -0.15) is 0 Å². The normalized spacial score (nSPS) is 12.0. The van der Waals surface area contributed by atoms with Gasteiger partial charge in [0.1, 0.15) is 0 Å². The molecule has 0 aromatic heterocycles. The molecule has 3 N–H and O–H groups in total. The van der Waals surface area contributed by atoms with Crippen LogP contribution in [0.3, 0.4) is 0 Å². The van der Waals surface area contributed by atoms with Crippen molar-refractivity contribution in [2.24, 2.45) is 0 Å². The Hall–Kier alpha value is -2.58. The van der Waals surface area contributed by atoms with Gasteiger partial charge in [0.2, 0.25) is 5.75 Å². The first-order valence-corrected chi connectivity index (χ1v) is 6.10. The summed E-state index contributed by atoms with van der Waals surface area (Å²) in [6.07, 6.45) is 0.463. The van der Waals surface area contributed by atoms with Crippen LogP contribution in [0.2, 0.25) is 0 Å². The standard InChI is InChI=1S/C14H16O8/c1-20-10-5-8(6-11(21-2)13(10)18)3-4-12(17)22-14(19)9(16)7-15/h3-6,9,15-16,18H,7H2,1-2H3/b4-3+. The molecule has 1 aromatic rings. The van der Waals surface area contributed by atoms with E-state index >= 15 is 0 Å². The van der Waals surface area contributed by atoms with Crippen molar-refractivity contribution in [2.75, 3.05) is 20.8 Å². The Morgan fingerprint density at radius 2 is 1.77 bits per heavy atom. The maximum atomic E-state index is 11.4. The zero-order valence-corrected chi connectivity index (χ0v) is 12.0. The largest absolute Gasteiger partial charge is 0.502 e. The van der Waals surface area contributed by atoms with E-state index in [1.165, 1.54) is 32.4 Å². The molecule has 0 radical (unpaired) electrons. The maximum absolute atomic E-state index is 11.4. The minimum absolute atomic E-state index is 0.138. The highest BCUT2D eigenvalue weighted by molar-refractivity contribution is 5.96. The molecule has 0 bridgehead atoms. The number of phenols is 1. The fourth-order valence-corrected chi connectivity index (χ4v) is 1.45. The number of hydrogen-bond acceptors (Lipinski definition) is 8. The number of methoxy groups -OCH3 is 2.